The summed E-state index contributed by atoms with van der Waals surface area (Å²) in [6.07, 6.45) is 2.26. The number of hydrogen-bond donors (Lipinski definition) is 0. The lowest BCUT2D eigenvalue weighted by Gasteiger charge is -2.39. The zero-order valence-electron chi connectivity index (χ0n) is 12.1. The van der Waals surface area contributed by atoms with E-state index in [1.54, 1.807) is 0 Å². The van der Waals surface area contributed by atoms with E-state index in [0.717, 1.165) is 29.4 Å². The number of nitrogens with zero attached hydrogens (tertiary/aromatic N) is 1. The van der Waals surface area contributed by atoms with Gasteiger partial charge < -0.3 is 4.48 Å². The highest BCUT2D eigenvalue weighted by molar-refractivity contribution is 5.96. The molecule has 2 nitrogen and oxygen atoms in total. The number of benzene rings is 1. The van der Waals surface area contributed by atoms with Gasteiger partial charge in [0.2, 0.25) is 5.78 Å². The standard InChI is InChI=1S/C16H26NO/c1-5-15(6-2)17(4,7-3)13-16(18)14-11-9-8-10-12-14/h8-12,15H,5-7,13H2,1-4H3/q+1. The number of likely N-dealkylation sites (N-methyl/N-ethyl adjacent to an activating group) is 1. The van der Waals surface area contributed by atoms with Crippen LogP contribution in [0.2, 0.25) is 0 Å². The van der Waals surface area contributed by atoms with Crippen molar-refractivity contribution < 1.29 is 9.28 Å². The number of rotatable bonds is 7. The molecule has 0 saturated heterocycles. The van der Waals surface area contributed by atoms with Crippen molar-refractivity contribution in [3.63, 3.8) is 0 Å². The van der Waals surface area contributed by atoms with Gasteiger partial charge in [0.1, 0.15) is 6.54 Å². The quantitative estimate of drug-likeness (QED) is 0.533. The summed E-state index contributed by atoms with van der Waals surface area (Å²) in [5.41, 5.74) is 0.834. The molecule has 2 heteroatoms. The average molecular weight is 248 g/mol. The molecule has 0 amide bonds. The summed E-state index contributed by atoms with van der Waals surface area (Å²) in [7, 11) is 2.21. The third-order valence-corrected chi connectivity index (χ3v) is 4.15. The van der Waals surface area contributed by atoms with Crippen molar-refractivity contribution in [1.82, 2.24) is 0 Å². The monoisotopic (exact) mass is 248 g/mol. The van der Waals surface area contributed by atoms with Gasteiger partial charge in [-0.15, -0.1) is 0 Å². The predicted molar refractivity (Wildman–Crippen MR) is 76.7 cm³/mol. The van der Waals surface area contributed by atoms with Gasteiger partial charge in [0.25, 0.3) is 0 Å². The Bertz CT molecular complexity index is 370. The third-order valence-electron chi connectivity index (χ3n) is 4.15. The van der Waals surface area contributed by atoms with Gasteiger partial charge in [-0.25, -0.2) is 0 Å². The summed E-state index contributed by atoms with van der Waals surface area (Å²) >= 11 is 0. The van der Waals surface area contributed by atoms with E-state index in [1.165, 1.54) is 0 Å². The molecule has 0 heterocycles. The van der Waals surface area contributed by atoms with E-state index in [0.29, 0.717) is 12.6 Å². The van der Waals surface area contributed by atoms with Crippen LogP contribution in [-0.2, 0) is 0 Å². The number of Topliss-reactive ketones (excluding diaryl/α,β-unsaturated/α-hetero) is 1. The van der Waals surface area contributed by atoms with Crippen LogP contribution in [0.1, 0.15) is 44.0 Å². The highest BCUT2D eigenvalue weighted by Crippen LogP contribution is 2.18. The fourth-order valence-electron chi connectivity index (χ4n) is 2.71. The molecule has 0 N–H and O–H groups in total. The molecule has 1 unspecified atom stereocenters. The number of quaternary nitrogens is 1. The molecule has 0 aliphatic rings. The summed E-state index contributed by atoms with van der Waals surface area (Å²) < 4.78 is 0.848. The van der Waals surface area contributed by atoms with Gasteiger partial charge in [0.15, 0.2) is 0 Å². The first-order chi connectivity index (χ1) is 8.57. The van der Waals surface area contributed by atoms with Gasteiger partial charge in [0.05, 0.1) is 19.6 Å². The molecule has 1 aromatic carbocycles. The highest BCUT2D eigenvalue weighted by Gasteiger charge is 2.31. The molecule has 0 saturated carbocycles. The molecular formula is C16H26NO+. The molecule has 0 fully saturated rings. The summed E-state index contributed by atoms with van der Waals surface area (Å²) in [6.45, 7) is 8.22. The van der Waals surface area contributed by atoms with E-state index in [2.05, 4.69) is 27.8 Å². The van der Waals surface area contributed by atoms with Crippen LogP contribution in [0.4, 0.5) is 0 Å². The molecule has 0 aliphatic heterocycles. The van der Waals surface area contributed by atoms with Crippen LogP contribution in [0.5, 0.6) is 0 Å². The number of ketones is 1. The van der Waals surface area contributed by atoms with Crippen molar-refractivity contribution in [1.29, 1.82) is 0 Å². The van der Waals surface area contributed by atoms with Crippen LogP contribution in [0.25, 0.3) is 0 Å². The molecule has 1 rings (SSSR count). The van der Waals surface area contributed by atoms with Crippen LogP contribution >= 0.6 is 0 Å². The van der Waals surface area contributed by atoms with Crippen LogP contribution in [-0.4, -0.2) is 36.4 Å². The summed E-state index contributed by atoms with van der Waals surface area (Å²) in [5, 5.41) is 0. The van der Waals surface area contributed by atoms with E-state index in [9.17, 15) is 4.79 Å². The van der Waals surface area contributed by atoms with Crippen LogP contribution in [0.3, 0.4) is 0 Å². The average Bonchev–Trinajstić information content (AvgIpc) is 2.41. The molecule has 1 atom stereocenters. The second kappa shape index (κ2) is 6.69. The maximum absolute atomic E-state index is 12.3. The SMILES string of the molecule is CCC(CC)[N+](C)(CC)CC(=O)c1ccccc1. The van der Waals surface area contributed by atoms with E-state index in [-0.39, 0.29) is 5.78 Å². The van der Waals surface area contributed by atoms with E-state index >= 15 is 0 Å². The van der Waals surface area contributed by atoms with Crippen molar-refractivity contribution in [3.05, 3.63) is 35.9 Å². The first-order valence-electron chi connectivity index (χ1n) is 6.99. The summed E-state index contributed by atoms with van der Waals surface area (Å²) in [6, 6.07) is 10.2. The van der Waals surface area contributed by atoms with Crippen molar-refractivity contribution in [3.8, 4) is 0 Å². The first kappa shape index (κ1) is 14.9. The Balaban J connectivity index is 2.83. The summed E-state index contributed by atoms with van der Waals surface area (Å²) in [4.78, 5) is 12.3. The second-order valence-corrected chi connectivity index (χ2v) is 5.21. The molecule has 0 aliphatic carbocycles. The zero-order valence-corrected chi connectivity index (χ0v) is 12.1. The van der Waals surface area contributed by atoms with E-state index in [4.69, 9.17) is 0 Å². The Morgan fingerprint density at radius 2 is 1.67 bits per heavy atom. The molecule has 100 valence electrons. The largest absolute Gasteiger partial charge is 0.317 e. The van der Waals surface area contributed by atoms with Gasteiger partial charge in [0, 0.05) is 5.56 Å². The van der Waals surface area contributed by atoms with Crippen LogP contribution in [0.15, 0.2) is 30.3 Å². The van der Waals surface area contributed by atoms with E-state index in [1.807, 2.05) is 30.3 Å². The Labute approximate surface area is 111 Å². The van der Waals surface area contributed by atoms with Gasteiger partial charge in [-0.3, -0.25) is 4.79 Å². The minimum atomic E-state index is 0.256. The van der Waals surface area contributed by atoms with Gasteiger partial charge in [-0.2, -0.15) is 0 Å². The molecular weight excluding hydrogens is 222 g/mol. The Hall–Kier alpha value is -1.15. The Morgan fingerprint density at radius 1 is 1.11 bits per heavy atom. The molecule has 0 aromatic heterocycles. The minimum absolute atomic E-state index is 0.256. The fourth-order valence-corrected chi connectivity index (χ4v) is 2.71. The number of carbonyl (C=O) groups is 1. The zero-order chi connectivity index (χ0) is 13.6. The fraction of sp³-hybridized carbons (Fsp3) is 0.562. The van der Waals surface area contributed by atoms with E-state index < -0.39 is 0 Å². The Morgan fingerprint density at radius 3 is 2.11 bits per heavy atom. The lowest BCUT2D eigenvalue weighted by atomic mass is 10.0. The van der Waals surface area contributed by atoms with Crippen molar-refractivity contribution in [2.24, 2.45) is 0 Å². The lowest BCUT2D eigenvalue weighted by Crippen LogP contribution is -2.54. The molecule has 18 heavy (non-hydrogen) atoms. The van der Waals surface area contributed by atoms with Gasteiger partial charge >= 0.3 is 0 Å². The predicted octanol–water partition coefficient (Wildman–Crippen LogP) is 3.52. The van der Waals surface area contributed by atoms with Crippen LogP contribution in [0, 0.1) is 0 Å². The number of carbonyl (C=O) groups excluding carboxylic acids is 1. The second-order valence-electron chi connectivity index (χ2n) is 5.21. The molecule has 0 bridgehead atoms. The highest BCUT2D eigenvalue weighted by atomic mass is 16.1. The molecule has 0 spiro atoms. The first-order valence-corrected chi connectivity index (χ1v) is 6.99. The smallest absolute Gasteiger partial charge is 0.216 e. The third kappa shape index (κ3) is 3.42. The Kier molecular flexibility index (Phi) is 5.54. The van der Waals surface area contributed by atoms with Crippen molar-refractivity contribution in [2.75, 3.05) is 20.1 Å². The molecule has 1 aromatic rings. The van der Waals surface area contributed by atoms with Gasteiger partial charge in [-0.1, -0.05) is 44.2 Å². The van der Waals surface area contributed by atoms with Crippen molar-refractivity contribution in [2.45, 2.75) is 39.7 Å². The minimum Gasteiger partial charge on any atom is -0.317 e. The van der Waals surface area contributed by atoms with Gasteiger partial charge in [-0.05, 0) is 19.8 Å². The lowest BCUT2D eigenvalue weighted by molar-refractivity contribution is -0.924. The normalized spacial score (nSPS) is 14.5. The summed E-state index contributed by atoms with van der Waals surface area (Å²) in [5.74, 6) is 0.256. The molecule has 0 radical (unpaired) electrons. The van der Waals surface area contributed by atoms with Crippen molar-refractivity contribution >= 4 is 5.78 Å². The van der Waals surface area contributed by atoms with Crippen LogP contribution < -0.4 is 0 Å². The topological polar surface area (TPSA) is 17.1 Å². The number of hydrogen-bond acceptors (Lipinski definition) is 1. The maximum Gasteiger partial charge on any atom is 0.216 e. The maximum atomic E-state index is 12.3.